The van der Waals surface area contributed by atoms with Crippen molar-refractivity contribution in [1.29, 1.82) is 0 Å². The van der Waals surface area contributed by atoms with Crippen molar-refractivity contribution in [3.05, 3.63) is 59.7 Å². The van der Waals surface area contributed by atoms with Gasteiger partial charge in [-0.2, -0.15) is 0 Å². The quantitative estimate of drug-likeness (QED) is 0.368. The molecule has 31 heavy (non-hydrogen) atoms. The Hall–Kier alpha value is -2.65. The number of benzene rings is 2. The molecular weight excluding hydrogens is 436 g/mol. The molecule has 0 aliphatic heterocycles. The fraction of sp³-hybridized carbons (Fsp3) is 0.318. The van der Waals surface area contributed by atoms with Crippen LogP contribution in [0.15, 0.2) is 48.5 Å². The Morgan fingerprint density at radius 2 is 1.68 bits per heavy atom. The smallest absolute Gasteiger partial charge is 0.407 e. The summed E-state index contributed by atoms with van der Waals surface area (Å²) in [5.41, 5.74) is 4.36. The van der Waals surface area contributed by atoms with E-state index in [1.54, 1.807) is 21.6 Å². The summed E-state index contributed by atoms with van der Waals surface area (Å²) in [5, 5.41) is 14.1. The third-order valence-electron chi connectivity index (χ3n) is 4.93. The van der Waals surface area contributed by atoms with Crippen LogP contribution >= 0.6 is 21.6 Å². The molecule has 0 aromatic heterocycles. The molecule has 2 aromatic carbocycles. The summed E-state index contributed by atoms with van der Waals surface area (Å²) in [6.45, 7) is 0.471. The van der Waals surface area contributed by atoms with Gasteiger partial charge in [-0.1, -0.05) is 70.1 Å². The molecule has 0 bridgehead atoms. The molecule has 9 heteroatoms. The number of ether oxygens (including phenoxy) is 1. The van der Waals surface area contributed by atoms with E-state index in [1.807, 2.05) is 54.8 Å². The lowest BCUT2D eigenvalue weighted by atomic mass is 9.98. The maximum atomic E-state index is 12.4. The molecule has 0 fully saturated rings. The summed E-state index contributed by atoms with van der Waals surface area (Å²) in [6, 6.07) is 14.7. The third-order valence-corrected chi connectivity index (χ3v) is 6.75. The number of rotatable bonds is 10. The van der Waals surface area contributed by atoms with Crippen LogP contribution in [0.2, 0.25) is 0 Å². The number of carbonyl (C=O) groups excluding carboxylic acids is 2. The highest BCUT2D eigenvalue weighted by atomic mass is 33.1. The number of hydrogen-bond donors (Lipinski definition) is 3. The summed E-state index contributed by atoms with van der Waals surface area (Å²) in [4.78, 5) is 35.8. The summed E-state index contributed by atoms with van der Waals surface area (Å²) in [5.74, 6) is -1.17. The summed E-state index contributed by atoms with van der Waals surface area (Å²) in [7, 11) is 3.15. The van der Waals surface area contributed by atoms with Crippen LogP contribution in [-0.4, -0.2) is 54.3 Å². The zero-order valence-electron chi connectivity index (χ0n) is 17.0. The monoisotopic (exact) mass is 460 g/mol. The number of amides is 2. The number of carboxylic acid groups (broad SMARTS) is 1. The van der Waals surface area contributed by atoms with Gasteiger partial charge in [-0.15, -0.1) is 0 Å². The van der Waals surface area contributed by atoms with Gasteiger partial charge in [0.15, 0.2) is 0 Å². The van der Waals surface area contributed by atoms with Crippen LogP contribution in [0.25, 0.3) is 11.1 Å². The second kappa shape index (κ2) is 11.1. The molecule has 7 nitrogen and oxygen atoms in total. The van der Waals surface area contributed by atoms with Crippen LogP contribution in [0, 0.1) is 0 Å². The van der Waals surface area contributed by atoms with E-state index in [9.17, 15) is 14.4 Å². The van der Waals surface area contributed by atoms with Gasteiger partial charge in [-0.05, 0) is 28.5 Å². The number of nitrogens with one attached hydrogen (secondary N) is 2. The summed E-state index contributed by atoms with van der Waals surface area (Å²) in [6.07, 6.45) is 0.589. The second-order valence-electron chi connectivity index (χ2n) is 6.90. The van der Waals surface area contributed by atoms with E-state index in [0.717, 1.165) is 22.3 Å². The molecule has 1 aliphatic rings. The second-order valence-corrected chi connectivity index (χ2v) is 9.58. The molecule has 2 aromatic rings. The van der Waals surface area contributed by atoms with Gasteiger partial charge in [0.25, 0.3) is 0 Å². The first-order valence-corrected chi connectivity index (χ1v) is 12.5. The maximum Gasteiger partial charge on any atom is 0.407 e. The molecule has 0 spiro atoms. The van der Waals surface area contributed by atoms with E-state index in [0.29, 0.717) is 12.3 Å². The number of aliphatic carboxylic acids is 1. The SMILES string of the molecule is CSSCCNC(=O)C(CC(=O)O)NC(=O)OCC1c2ccccc2-c2ccccc21. The van der Waals surface area contributed by atoms with E-state index < -0.39 is 30.4 Å². The zero-order valence-corrected chi connectivity index (χ0v) is 18.6. The Bertz CT molecular complexity index is 908. The summed E-state index contributed by atoms with van der Waals surface area (Å²) < 4.78 is 5.41. The largest absolute Gasteiger partial charge is 0.481 e. The Morgan fingerprint density at radius 3 is 2.26 bits per heavy atom. The lowest BCUT2D eigenvalue weighted by molar-refractivity contribution is -0.139. The van der Waals surface area contributed by atoms with Gasteiger partial charge in [-0.25, -0.2) is 4.79 Å². The van der Waals surface area contributed by atoms with E-state index in [-0.39, 0.29) is 12.5 Å². The standard InChI is InChI=1S/C22H24N2O5S2/c1-30-31-11-10-23-21(27)19(12-20(25)26)24-22(28)29-13-18-16-8-4-2-6-14(16)15-7-3-5-9-17(15)18/h2-9,18-19H,10-13H2,1H3,(H,23,27)(H,24,28)(H,25,26). The van der Waals surface area contributed by atoms with Crippen LogP contribution in [0.4, 0.5) is 4.79 Å². The molecule has 0 radical (unpaired) electrons. The molecule has 164 valence electrons. The van der Waals surface area contributed by atoms with Crippen LogP contribution in [0.3, 0.4) is 0 Å². The van der Waals surface area contributed by atoms with Crippen molar-refractivity contribution in [2.45, 2.75) is 18.4 Å². The fourth-order valence-electron chi connectivity index (χ4n) is 3.59. The highest BCUT2D eigenvalue weighted by Crippen LogP contribution is 2.44. The van der Waals surface area contributed by atoms with E-state index in [2.05, 4.69) is 10.6 Å². The first-order chi connectivity index (χ1) is 15.0. The van der Waals surface area contributed by atoms with Crippen LogP contribution in [-0.2, 0) is 14.3 Å². The minimum absolute atomic E-state index is 0.0889. The topological polar surface area (TPSA) is 105 Å². The molecule has 2 amide bonds. The van der Waals surface area contributed by atoms with Crippen molar-refractivity contribution in [2.24, 2.45) is 0 Å². The number of carboxylic acids is 1. The number of fused-ring (bicyclic) bond motifs is 3. The third kappa shape index (κ3) is 5.95. The van der Waals surface area contributed by atoms with E-state index in [1.165, 1.54) is 0 Å². The predicted octanol–water partition coefficient (Wildman–Crippen LogP) is 3.50. The number of carbonyl (C=O) groups is 3. The van der Waals surface area contributed by atoms with Gasteiger partial charge in [0, 0.05) is 18.2 Å². The van der Waals surface area contributed by atoms with Gasteiger partial charge in [0.1, 0.15) is 12.6 Å². The highest BCUT2D eigenvalue weighted by molar-refractivity contribution is 8.76. The Kier molecular flexibility index (Phi) is 8.25. The van der Waals surface area contributed by atoms with Crippen LogP contribution in [0.1, 0.15) is 23.5 Å². The van der Waals surface area contributed by atoms with Crippen LogP contribution in [0.5, 0.6) is 0 Å². The highest BCUT2D eigenvalue weighted by Gasteiger charge is 2.30. The Labute approximate surface area is 188 Å². The normalized spacial score (nSPS) is 13.1. The van der Waals surface area contributed by atoms with E-state index in [4.69, 9.17) is 9.84 Å². The molecule has 3 rings (SSSR count). The average molecular weight is 461 g/mol. The number of hydrogen-bond acceptors (Lipinski definition) is 6. The van der Waals surface area contributed by atoms with Crippen molar-refractivity contribution >= 4 is 39.6 Å². The first kappa shape index (κ1) is 23.0. The minimum atomic E-state index is -1.20. The summed E-state index contributed by atoms with van der Waals surface area (Å²) >= 11 is 0. The van der Waals surface area contributed by atoms with Crippen molar-refractivity contribution in [3.63, 3.8) is 0 Å². The predicted molar refractivity (Wildman–Crippen MR) is 123 cm³/mol. The molecule has 0 saturated carbocycles. The minimum Gasteiger partial charge on any atom is -0.481 e. The van der Waals surface area contributed by atoms with Gasteiger partial charge in [0.05, 0.1) is 6.42 Å². The molecule has 1 aliphatic carbocycles. The Balaban J connectivity index is 1.61. The van der Waals surface area contributed by atoms with Gasteiger partial charge >= 0.3 is 12.1 Å². The van der Waals surface area contributed by atoms with Crippen molar-refractivity contribution < 1.29 is 24.2 Å². The van der Waals surface area contributed by atoms with Crippen molar-refractivity contribution in [2.75, 3.05) is 25.2 Å². The average Bonchev–Trinajstić information content (AvgIpc) is 3.08. The lowest BCUT2D eigenvalue weighted by Gasteiger charge is -2.18. The van der Waals surface area contributed by atoms with Crippen molar-refractivity contribution in [1.82, 2.24) is 10.6 Å². The van der Waals surface area contributed by atoms with Gasteiger partial charge in [0.2, 0.25) is 5.91 Å². The Morgan fingerprint density at radius 1 is 1.06 bits per heavy atom. The molecule has 1 unspecified atom stereocenters. The maximum absolute atomic E-state index is 12.4. The lowest BCUT2D eigenvalue weighted by Crippen LogP contribution is -2.48. The van der Waals surface area contributed by atoms with Crippen LogP contribution < -0.4 is 10.6 Å². The molecular formula is C22H24N2O5S2. The van der Waals surface area contributed by atoms with Gasteiger partial charge < -0.3 is 20.5 Å². The molecule has 0 heterocycles. The van der Waals surface area contributed by atoms with Crippen molar-refractivity contribution in [3.8, 4) is 11.1 Å². The molecule has 1 atom stereocenters. The fourth-order valence-corrected chi connectivity index (χ4v) is 4.69. The molecule has 0 saturated heterocycles. The zero-order chi connectivity index (χ0) is 22.2. The first-order valence-electron chi connectivity index (χ1n) is 9.78. The molecule has 3 N–H and O–H groups in total. The number of alkyl carbamates (subject to hydrolysis) is 1. The van der Waals surface area contributed by atoms with Gasteiger partial charge in [-0.3, -0.25) is 9.59 Å². The van der Waals surface area contributed by atoms with E-state index >= 15 is 0 Å².